The Kier molecular flexibility index (Phi) is 4.23. The van der Waals surface area contributed by atoms with E-state index < -0.39 is 23.6 Å². The monoisotopic (exact) mass is 291 g/mol. The largest absolute Gasteiger partial charge is 0.348 e. The normalized spacial score (nSPS) is 11.7. The summed E-state index contributed by atoms with van der Waals surface area (Å²) in [7, 11) is 0. The second-order valence-corrected chi connectivity index (χ2v) is 4.33. The van der Waals surface area contributed by atoms with Crippen molar-refractivity contribution in [2.75, 3.05) is 0 Å². The number of hydrogen-bond acceptors (Lipinski definition) is 4. The molecule has 1 aromatic heterocycles. The Morgan fingerprint density at radius 3 is 2.90 bits per heavy atom. The molecule has 1 heterocycles. The first-order valence-electron chi connectivity index (χ1n) is 6.03. The molecule has 21 heavy (non-hydrogen) atoms. The minimum absolute atomic E-state index is 0.0413. The Hall–Kier alpha value is -2.82. The number of aromatic nitrogens is 3. The van der Waals surface area contributed by atoms with Gasteiger partial charge in [-0.05, 0) is 13.0 Å². The van der Waals surface area contributed by atoms with Crippen LogP contribution in [0.5, 0.6) is 0 Å². The Labute approximate surface area is 119 Å². The molecule has 1 aromatic carbocycles. The van der Waals surface area contributed by atoms with E-state index >= 15 is 0 Å². The van der Waals surface area contributed by atoms with Crippen molar-refractivity contribution in [2.45, 2.75) is 19.5 Å². The van der Waals surface area contributed by atoms with Crippen LogP contribution in [0.15, 0.2) is 24.5 Å². The number of nitriles is 1. The van der Waals surface area contributed by atoms with Gasteiger partial charge in [-0.15, -0.1) is 5.10 Å². The third-order valence-corrected chi connectivity index (χ3v) is 2.75. The van der Waals surface area contributed by atoms with E-state index in [0.717, 1.165) is 12.1 Å². The minimum Gasteiger partial charge on any atom is -0.348 e. The van der Waals surface area contributed by atoms with Crippen molar-refractivity contribution in [3.8, 4) is 6.07 Å². The van der Waals surface area contributed by atoms with Crippen LogP contribution in [-0.2, 0) is 11.3 Å². The molecule has 0 aliphatic rings. The molecule has 6 nitrogen and oxygen atoms in total. The minimum atomic E-state index is -0.727. The Morgan fingerprint density at radius 1 is 1.52 bits per heavy atom. The number of hydrogen-bond donors (Lipinski definition) is 1. The first-order valence-corrected chi connectivity index (χ1v) is 6.03. The van der Waals surface area contributed by atoms with Crippen LogP contribution in [0.1, 0.15) is 24.4 Å². The molecule has 1 atom stereocenters. The molecule has 0 fully saturated rings. The van der Waals surface area contributed by atoms with Gasteiger partial charge in [0.25, 0.3) is 5.82 Å². The molecule has 0 saturated heterocycles. The fraction of sp³-hybridized carbons (Fsp3) is 0.231. The van der Waals surface area contributed by atoms with Gasteiger partial charge < -0.3 is 5.32 Å². The van der Waals surface area contributed by atoms with Gasteiger partial charge in [0.15, 0.2) is 0 Å². The van der Waals surface area contributed by atoms with Crippen LogP contribution >= 0.6 is 0 Å². The van der Waals surface area contributed by atoms with E-state index in [-0.39, 0.29) is 17.9 Å². The number of nitrogens with zero attached hydrogens (tertiary/aromatic N) is 4. The number of rotatable bonds is 4. The molecule has 0 aliphatic heterocycles. The molecule has 2 aromatic rings. The molecular weight excluding hydrogens is 280 g/mol. The predicted octanol–water partition coefficient (Wildman–Crippen LogP) is 1.31. The molecular formula is C13H11F2N5O. The standard InChI is InChI=1S/C13H11F2N5O/c1-8(10-3-2-9(14)4-11(10)15)18-13(21)6-20-7-17-12(5-16)19-20/h2-4,7-8H,6H2,1H3,(H,18,21)/t8-/m1/s1. The first-order chi connectivity index (χ1) is 9.99. The van der Waals surface area contributed by atoms with E-state index in [4.69, 9.17) is 5.26 Å². The van der Waals surface area contributed by atoms with Crippen LogP contribution < -0.4 is 5.32 Å². The lowest BCUT2D eigenvalue weighted by Crippen LogP contribution is -2.30. The van der Waals surface area contributed by atoms with Crippen molar-refractivity contribution in [2.24, 2.45) is 0 Å². The molecule has 1 amide bonds. The van der Waals surface area contributed by atoms with Gasteiger partial charge in [-0.25, -0.2) is 18.4 Å². The summed E-state index contributed by atoms with van der Waals surface area (Å²) in [6, 6.07) is 4.27. The van der Waals surface area contributed by atoms with Gasteiger partial charge >= 0.3 is 0 Å². The Balaban J connectivity index is 2.00. The lowest BCUT2D eigenvalue weighted by atomic mass is 10.1. The highest BCUT2D eigenvalue weighted by atomic mass is 19.1. The van der Waals surface area contributed by atoms with Crippen LogP contribution in [0, 0.1) is 23.0 Å². The zero-order valence-electron chi connectivity index (χ0n) is 11.0. The fourth-order valence-corrected chi connectivity index (χ4v) is 1.79. The summed E-state index contributed by atoms with van der Waals surface area (Å²) in [5, 5.41) is 14.9. The summed E-state index contributed by atoms with van der Waals surface area (Å²) in [5.41, 5.74) is 0.182. The maximum absolute atomic E-state index is 13.6. The lowest BCUT2D eigenvalue weighted by molar-refractivity contribution is -0.122. The average molecular weight is 291 g/mol. The highest BCUT2D eigenvalue weighted by Crippen LogP contribution is 2.17. The van der Waals surface area contributed by atoms with Crippen molar-refractivity contribution in [1.82, 2.24) is 20.1 Å². The van der Waals surface area contributed by atoms with Gasteiger partial charge in [-0.3, -0.25) is 4.79 Å². The smallest absolute Gasteiger partial charge is 0.252 e. The van der Waals surface area contributed by atoms with E-state index in [9.17, 15) is 13.6 Å². The molecule has 1 N–H and O–H groups in total. The van der Waals surface area contributed by atoms with Crippen molar-refractivity contribution >= 4 is 5.91 Å². The van der Waals surface area contributed by atoms with Crippen molar-refractivity contribution in [3.63, 3.8) is 0 Å². The SMILES string of the molecule is C[C@@H](NC(=O)Cn1cnc(C#N)n1)c1ccc(F)cc1F. The highest BCUT2D eigenvalue weighted by molar-refractivity contribution is 5.76. The molecule has 108 valence electrons. The van der Waals surface area contributed by atoms with Crippen molar-refractivity contribution in [3.05, 3.63) is 47.5 Å². The van der Waals surface area contributed by atoms with Crippen molar-refractivity contribution < 1.29 is 13.6 Å². The highest BCUT2D eigenvalue weighted by Gasteiger charge is 2.15. The number of amides is 1. The number of halogens is 2. The third-order valence-electron chi connectivity index (χ3n) is 2.75. The average Bonchev–Trinajstić information content (AvgIpc) is 2.85. The van der Waals surface area contributed by atoms with Crippen LogP contribution in [-0.4, -0.2) is 20.7 Å². The number of benzene rings is 1. The number of nitrogens with one attached hydrogen (secondary N) is 1. The quantitative estimate of drug-likeness (QED) is 0.920. The molecule has 0 aliphatic carbocycles. The summed E-state index contributed by atoms with van der Waals surface area (Å²) >= 11 is 0. The molecule has 0 bridgehead atoms. The van der Waals surface area contributed by atoms with Gasteiger partial charge in [0, 0.05) is 11.6 Å². The van der Waals surface area contributed by atoms with E-state index in [0.29, 0.717) is 0 Å². The van der Waals surface area contributed by atoms with Crippen LogP contribution in [0.25, 0.3) is 0 Å². The van der Waals surface area contributed by atoms with Crippen LogP contribution in [0.3, 0.4) is 0 Å². The third kappa shape index (κ3) is 3.60. The van der Waals surface area contributed by atoms with Crippen LogP contribution in [0.2, 0.25) is 0 Å². The second-order valence-electron chi connectivity index (χ2n) is 4.33. The zero-order chi connectivity index (χ0) is 15.4. The number of carbonyl (C=O) groups excluding carboxylic acids is 1. The molecule has 2 rings (SSSR count). The molecule has 0 saturated carbocycles. The summed E-state index contributed by atoms with van der Waals surface area (Å²) in [5.74, 6) is -1.88. The van der Waals surface area contributed by atoms with Gasteiger partial charge in [-0.2, -0.15) is 5.26 Å². The van der Waals surface area contributed by atoms with Gasteiger partial charge in [0.05, 0.1) is 6.04 Å². The lowest BCUT2D eigenvalue weighted by Gasteiger charge is -2.15. The van der Waals surface area contributed by atoms with Gasteiger partial charge in [-0.1, -0.05) is 6.07 Å². The zero-order valence-corrected chi connectivity index (χ0v) is 11.0. The Morgan fingerprint density at radius 2 is 2.29 bits per heavy atom. The summed E-state index contributed by atoms with van der Waals surface area (Å²) in [6.45, 7) is 1.43. The summed E-state index contributed by atoms with van der Waals surface area (Å²) in [4.78, 5) is 15.5. The molecule has 0 unspecified atom stereocenters. The summed E-state index contributed by atoms with van der Waals surface area (Å²) in [6.07, 6.45) is 1.25. The fourth-order valence-electron chi connectivity index (χ4n) is 1.79. The van der Waals surface area contributed by atoms with E-state index in [1.54, 1.807) is 13.0 Å². The van der Waals surface area contributed by atoms with Crippen molar-refractivity contribution in [1.29, 1.82) is 5.26 Å². The van der Waals surface area contributed by atoms with Crippen LogP contribution in [0.4, 0.5) is 8.78 Å². The second kappa shape index (κ2) is 6.09. The maximum atomic E-state index is 13.6. The van der Waals surface area contributed by atoms with Gasteiger partial charge in [0.1, 0.15) is 30.6 Å². The Bertz CT molecular complexity index is 707. The van der Waals surface area contributed by atoms with Gasteiger partial charge in [0.2, 0.25) is 5.91 Å². The molecule has 0 spiro atoms. The molecule has 8 heteroatoms. The summed E-state index contributed by atoms with van der Waals surface area (Å²) < 4.78 is 27.6. The molecule has 0 radical (unpaired) electrons. The topological polar surface area (TPSA) is 83.6 Å². The first kappa shape index (κ1) is 14.6. The van der Waals surface area contributed by atoms with E-state index in [2.05, 4.69) is 15.4 Å². The van der Waals surface area contributed by atoms with E-state index in [1.165, 1.54) is 17.1 Å². The maximum Gasteiger partial charge on any atom is 0.252 e. The van der Waals surface area contributed by atoms with E-state index in [1.807, 2.05) is 0 Å². The predicted molar refractivity (Wildman–Crippen MR) is 67.7 cm³/mol. The number of carbonyl (C=O) groups is 1.